The molecule has 0 unspecified atom stereocenters. The number of carbonyl (C=O) groups is 4. The molecule has 8 aromatic rings. The quantitative estimate of drug-likeness (QED) is 0.0656. The van der Waals surface area contributed by atoms with Crippen LogP contribution in [0.3, 0.4) is 0 Å². The number of fused-ring (bicyclic) bond motifs is 2. The van der Waals surface area contributed by atoms with Crippen molar-refractivity contribution in [3.8, 4) is 0 Å². The number of aromatic nitrogens is 4. The second-order valence-electron chi connectivity index (χ2n) is 17.5. The number of amides is 2. The maximum absolute atomic E-state index is 13.4. The van der Waals surface area contributed by atoms with E-state index >= 15 is 0 Å². The molecule has 4 aromatic heterocycles. The van der Waals surface area contributed by atoms with Crippen molar-refractivity contribution in [2.24, 2.45) is 0 Å². The van der Waals surface area contributed by atoms with E-state index in [9.17, 15) is 45.5 Å². The molecule has 2 fully saturated rings. The van der Waals surface area contributed by atoms with Crippen LogP contribution in [0.2, 0.25) is 0 Å². The first-order chi connectivity index (χ1) is 33.9. The number of carboxylic acid groups (broad SMARTS) is 1. The molecule has 0 saturated heterocycles. The van der Waals surface area contributed by atoms with Crippen LogP contribution in [-0.4, -0.2) is 60.7 Å². The molecule has 4 N–H and O–H groups in total. The minimum Gasteiger partial charge on any atom is -0.870 e. The zero-order valence-corrected chi connectivity index (χ0v) is 41.1. The maximum atomic E-state index is 13.4. The zero-order chi connectivity index (χ0) is 50.3. The van der Waals surface area contributed by atoms with Crippen LogP contribution in [0.1, 0.15) is 112 Å². The largest absolute Gasteiger partial charge is 1.00 e. The Bertz CT molecular complexity index is 3310. The van der Waals surface area contributed by atoms with E-state index in [0.717, 1.165) is 72.2 Å². The fourth-order valence-electron chi connectivity index (χ4n) is 8.68. The monoisotopic (exact) mass is 1010 g/mol. The summed E-state index contributed by atoms with van der Waals surface area (Å²) in [5, 5.41) is 23.9. The molecule has 13 nitrogen and oxygen atoms in total. The van der Waals surface area contributed by atoms with Gasteiger partial charge in [0.05, 0.1) is 75.0 Å². The number of esters is 1. The van der Waals surface area contributed by atoms with Crippen LogP contribution in [0.5, 0.6) is 0 Å². The zero-order valence-electron chi connectivity index (χ0n) is 39.1. The van der Waals surface area contributed by atoms with Crippen molar-refractivity contribution >= 4 is 34.8 Å². The summed E-state index contributed by atoms with van der Waals surface area (Å²) in [5.41, 5.74) is 4.64. The number of carbonyl (C=O) groups excluding carboxylic acids is 3. The summed E-state index contributed by atoms with van der Waals surface area (Å²) in [6, 6.07) is 30.6. The van der Waals surface area contributed by atoms with Gasteiger partial charge < -0.3 is 26.0 Å². The SMILES string of the molecule is COC(=O)c1ccc(C2(NC(=O)c3cnn4cccc(Cc5ccc(C(F)(F)F)cc5)c34)CC2)cc1.O=C(O)c1ccc(C2(NC(=O)c3cnn4cccc(Cc5ccc(C(F)(F)F)cc5)c34)CC2)cc1.[Na+].[OH-]. The van der Waals surface area contributed by atoms with Gasteiger partial charge in [0.25, 0.3) is 11.8 Å². The van der Waals surface area contributed by atoms with E-state index in [1.807, 2.05) is 24.3 Å². The molecule has 0 bridgehead atoms. The van der Waals surface area contributed by atoms with Crippen molar-refractivity contribution in [3.05, 3.63) is 213 Å². The first-order valence-corrected chi connectivity index (χ1v) is 22.3. The Morgan fingerprint density at radius 1 is 0.589 bits per heavy atom. The molecule has 20 heteroatoms. The van der Waals surface area contributed by atoms with Crippen LogP contribution >= 0.6 is 0 Å². The Morgan fingerprint density at radius 3 is 1.29 bits per heavy atom. The van der Waals surface area contributed by atoms with E-state index < -0.39 is 46.5 Å². The van der Waals surface area contributed by atoms with Crippen LogP contribution < -0.4 is 40.2 Å². The van der Waals surface area contributed by atoms with E-state index in [1.54, 1.807) is 57.8 Å². The minimum absolute atomic E-state index is 0. The number of pyridine rings is 2. The number of carboxylic acids is 1. The molecule has 0 radical (unpaired) electrons. The van der Waals surface area contributed by atoms with Crippen LogP contribution in [0.15, 0.2) is 146 Å². The van der Waals surface area contributed by atoms with Gasteiger partial charge in [-0.1, -0.05) is 60.7 Å². The minimum atomic E-state index is -4.40. The van der Waals surface area contributed by atoms with Gasteiger partial charge in [0.15, 0.2) is 0 Å². The molecule has 4 aromatic carbocycles. The van der Waals surface area contributed by atoms with Crippen LogP contribution in [-0.2, 0) is 41.0 Å². The fraction of sp³-hybridized carbons (Fsp3) is 0.208. The topological polar surface area (TPSA) is 186 Å². The Labute approximate surface area is 434 Å². The number of methoxy groups -OCH3 is 1. The summed E-state index contributed by atoms with van der Waals surface area (Å²) in [6.45, 7) is 0. The number of nitrogens with one attached hydrogen (secondary N) is 2. The van der Waals surface area contributed by atoms with Gasteiger partial charge >= 0.3 is 53.8 Å². The molecule has 4 heterocycles. The molecule has 2 amide bonds. The number of aromatic carboxylic acids is 1. The Morgan fingerprint density at radius 2 is 0.959 bits per heavy atom. The van der Waals surface area contributed by atoms with Crippen molar-refractivity contribution in [1.82, 2.24) is 29.9 Å². The number of halogens is 6. The number of benzene rings is 4. The first-order valence-electron chi connectivity index (χ1n) is 22.3. The van der Waals surface area contributed by atoms with Crippen molar-refractivity contribution in [2.75, 3.05) is 7.11 Å². The van der Waals surface area contributed by atoms with Gasteiger partial charge in [-0.05, 0) is 133 Å². The van der Waals surface area contributed by atoms with Gasteiger partial charge in [-0.3, -0.25) is 9.59 Å². The van der Waals surface area contributed by atoms with Crippen LogP contribution in [0.4, 0.5) is 26.3 Å². The predicted molar refractivity (Wildman–Crippen MR) is 249 cm³/mol. The summed E-state index contributed by atoms with van der Waals surface area (Å²) >= 11 is 0. The number of hydrogen-bond acceptors (Lipinski definition) is 8. The summed E-state index contributed by atoms with van der Waals surface area (Å²) in [6.07, 6.45) is 1.25. The molecular weight excluding hydrogens is 970 g/mol. The summed E-state index contributed by atoms with van der Waals surface area (Å²) in [5.74, 6) is -2.06. The summed E-state index contributed by atoms with van der Waals surface area (Å²) in [4.78, 5) is 49.5. The van der Waals surface area contributed by atoms with E-state index in [0.29, 0.717) is 51.7 Å². The predicted octanol–water partition coefficient (Wildman–Crippen LogP) is 7.04. The Balaban J connectivity index is 0.000000208. The molecular formula is C53H43F6N6NaO7. The average Bonchev–Trinajstić information content (AvgIpc) is 4.22. The van der Waals surface area contributed by atoms with Gasteiger partial charge in [-0.2, -0.15) is 36.5 Å². The van der Waals surface area contributed by atoms with Crippen LogP contribution in [0, 0.1) is 0 Å². The third-order valence-electron chi connectivity index (χ3n) is 12.8. The normalized spacial score (nSPS) is 14.1. The Hall–Kier alpha value is -7.32. The molecule has 2 aliphatic carbocycles. The average molecular weight is 1010 g/mol. The molecule has 10 rings (SSSR count). The first kappa shape index (κ1) is 53.5. The number of rotatable bonds is 12. The van der Waals surface area contributed by atoms with Gasteiger partial charge in [0.2, 0.25) is 0 Å². The smallest absolute Gasteiger partial charge is 0.870 e. The molecule has 0 spiro atoms. The van der Waals surface area contributed by atoms with Gasteiger partial charge in [0.1, 0.15) is 0 Å². The van der Waals surface area contributed by atoms with Crippen molar-refractivity contribution in [3.63, 3.8) is 0 Å². The van der Waals surface area contributed by atoms with E-state index in [2.05, 4.69) is 20.8 Å². The molecule has 0 atom stereocenters. The maximum Gasteiger partial charge on any atom is 1.00 e. The molecule has 0 aliphatic heterocycles. The summed E-state index contributed by atoms with van der Waals surface area (Å²) in [7, 11) is 1.32. The van der Waals surface area contributed by atoms with Gasteiger partial charge in [-0.25, -0.2) is 18.6 Å². The molecule has 2 saturated carbocycles. The number of hydrogen-bond donors (Lipinski definition) is 3. The van der Waals surface area contributed by atoms with Gasteiger partial charge in [-0.15, -0.1) is 0 Å². The molecule has 2 aliphatic rings. The van der Waals surface area contributed by atoms with Gasteiger partial charge in [0, 0.05) is 12.4 Å². The van der Waals surface area contributed by atoms with E-state index in [1.165, 1.54) is 55.9 Å². The van der Waals surface area contributed by atoms with Crippen molar-refractivity contribution < 1.29 is 90.4 Å². The van der Waals surface area contributed by atoms with Crippen molar-refractivity contribution in [1.29, 1.82) is 0 Å². The third kappa shape index (κ3) is 11.5. The summed E-state index contributed by atoms with van der Waals surface area (Å²) < 4.78 is 85.3. The third-order valence-corrected chi connectivity index (χ3v) is 12.8. The second kappa shape index (κ2) is 21.0. The van der Waals surface area contributed by atoms with E-state index in [-0.39, 0.29) is 52.4 Å². The number of ether oxygens (including phenoxy) is 1. The fourth-order valence-corrected chi connectivity index (χ4v) is 8.68. The molecule has 73 heavy (non-hydrogen) atoms. The standard InChI is InChI=1S/C27H22F3N3O3.C26H20F3N3O3.Na.H2O/c1-36-25(35)18-6-10-20(11-7-18)26(12-13-26)32-24(34)22-16-31-33-14-2-3-19(23(22)33)15-17-4-8-21(9-5-17)27(28,29)30;27-26(28,29)20-7-3-16(4-8-20)14-18-2-1-13-32-22(18)21(15-30-32)23(33)31-25(11-12-25)19-9-5-17(6-10-19)24(34)35;;/h2-11,14,16H,12-13,15H2,1H3,(H,32,34);1-10,13,15H,11-12,14H2,(H,31,33)(H,34,35);;1H2/q;;+1;/p-1. The molecule has 370 valence electrons. The van der Waals surface area contributed by atoms with Crippen LogP contribution in [0.25, 0.3) is 11.0 Å². The second-order valence-corrected chi connectivity index (χ2v) is 17.5. The van der Waals surface area contributed by atoms with E-state index in [4.69, 9.17) is 9.84 Å². The number of alkyl halides is 6. The number of nitrogens with zero attached hydrogens (tertiary/aromatic N) is 4. The van der Waals surface area contributed by atoms with Crippen molar-refractivity contribution in [2.45, 2.75) is 62.0 Å². The Kier molecular flexibility index (Phi) is 15.4.